The Balaban J connectivity index is 4.29. The van der Waals surface area contributed by atoms with E-state index in [1.165, 1.54) is 25.7 Å². The summed E-state index contributed by atoms with van der Waals surface area (Å²) >= 11 is 0. The van der Waals surface area contributed by atoms with Crippen LogP contribution >= 0.6 is 0 Å². The highest BCUT2D eigenvalue weighted by molar-refractivity contribution is 5.92. The second-order valence-corrected chi connectivity index (χ2v) is 5.17. The molecule has 0 aromatic carbocycles. The van der Waals surface area contributed by atoms with Crippen LogP contribution in [-0.4, -0.2) is 24.1 Å². The number of unbranched alkanes of at least 4 members (excludes halogenated alkanes) is 4. The third-order valence-electron chi connectivity index (χ3n) is 3.15. The topological polar surface area (TPSA) is 44.4 Å². The fourth-order valence-corrected chi connectivity index (χ4v) is 1.90. The van der Waals surface area contributed by atoms with Crippen LogP contribution in [0, 0.1) is 0 Å². The molecule has 0 fully saturated rings. The first-order valence-electron chi connectivity index (χ1n) is 8.15. The summed E-state index contributed by atoms with van der Waals surface area (Å²) in [6.07, 6.45) is 9.79. The maximum Gasteiger partial charge on any atom is 0.278 e. The van der Waals surface area contributed by atoms with Crippen LogP contribution in [0.4, 0.5) is 0 Å². The molecule has 20 heavy (non-hydrogen) atoms. The van der Waals surface area contributed by atoms with E-state index in [1.54, 1.807) is 5.12 Å². The zero-order valence-corrected chi connectivity index (χ0v) is 13.8. The number of nitrogens with one attached hydrogen (secondary N) is 2. The van der Waals surface area contributed by atoms with E-state index in [-0.39, 0.29) is 5.91 Å². The zero-order chi connectivity index (χ0) is 15.2. The smallest absolute Gasteiger partial charge is 0.267 e. The van der Waals surface area contributed by atoms with Gasteiger partial charge in [-0.1, -0.05) is 52.5 Å². The van der Waals surface area contributed by atoms with Gasteiger partial charge in [0.05, 0.1) is 0 Å². The van der Waals surface area contributed by atoms with Crippen LogP contribution < -0.4 is 10.9 Å². The monoisotopic (exact) mass is 283 g/mol. The second-order valence-electron chi connectivity index (χ2n) is 5.17. The Labute approximate surface area is 124 Å². The molecule has 0 unspecified atom stereocenters. The molecule has 0 spiro atoms. The lowest BCUT2D eigenvalue weighted by molar-refractivity contribution is -0.134. The predicted molar refractivity (Wildman–Crippen MR) is 85.9 cm³/mol. The Hall–Kier alpha value is -0.870. The van der Waals surface area contributed by atoms with Crippen molar-refractivity contribution in [3.05, 3.63) is 11.6 Å². The van der Waals surface area contributed by atoms with Crippen molar-refractivity contribution in [3.63, 3.8) is 0 Å². The van der Waals surface area contributed by atoms with Gasteiger partial charge >= 0.3 is 0 Å². The van der Waals surface area contributed by atoms with Gasteiger partial charge in [-0.05, 0) is 26.2 Å². The number of carbonyl (C=O) groups is 1. The van der Waals surface area contributed by atoms with Crippen LogP contribution in [0.15, 0.2) is 11.6 Å². The molecule has 0 aliphatic carbocycles. The van der Waals surface area contributed by atoms with Gasteiger partial charge in [0.25, 0.3) is 5.91 Å². The summed E-state index contributed by atoms with van der Waals surface area (Å²) < 4.78 is 0. The Morgan fingerprint density at radius 3 is 1.85 bits per heavy atom. The number of nitrogens with zero attached hydrogens (tertiary/aromatic N) is 1. The lowest BCUT2D eigenvalue weighted by Crippen LogP contribution is -2.52. The number of amides is 1. The molecule has 0 aromatic heterocycles. The highest BCUT2D eigenvalue weighted by Crippen LogP contribution is 2.01. The SMILES string of the molecule is CCC=C(C)C(=O)N(NCCCCC)NCCCCC. The summed E-state index contributed by atoms with van der Waals surface area (Å²) in [5.41, 5.74) is 7.20. The lowest BCUT2D eigenvalue weighted by Gasteiger charge is -2.24. The molecule has 0 rings (SSSR count). The van der Waals surface area contributed by atoms with Crippen molar-refractivity contribution in [2.75, 3.05) is 13.1 Å². The molecule has 0 saturated carbocycles. The van der Waals surface area contributed by atoms with Crippen LogP contribution in [0.25, 0.3) is 0 Å². The van der Waals surface area contributed by atoms with Gasteiger partial charge in [-0.2, -0.15) is 0 Å². The molecule has 118 valence electrons. The summed E-state index contributed by atoms with van der Waals surface area (Å²) in [7, 11) is 0. The van der Waals surface area contributed by atoms with Gasteiger partial charge in [0.15, 0.2) is 0 Å². The summed E-state index contributed by atoms with van der Waals surface area (Å²) in [5.74, 6) is 0.0276. The molecule has 0 atom stereocenters. The highest BCUT2D eigenvalue weighted by atomic mass is 16.2. The first kappa shape index (κ1) is 19.1. The average molecular weight is 283 g/mol. The molecular weight excluding hydrogens is 250 g/mol. The maximum absolute atomic E-state index is 12.3. The second kappa shape index (κ2) is 13.1. The standard InChI is InChI=1S/C16H33N3O/c1-5-8-10-13-17-19(18-14-11-9-6-2)16(20)15(4)12-7-3/h12,17-18H,5-11,13-14H2,1-4H3. The third-order valence-corrected chi connectivity index (χ3v) is 3.15. The van der Waals surface area contributed by atoms with E-state index in [9.17, 15) is 4.79 Å². The largest absolute Gasteiger partial charge is 0.278 e. The fraction of sp³-hybridized carbons (Fsp3) is 0.812. The van der Waals surface area contributed by atoms with Crippen molar-refractivity contribution < 1.29 is 4.79 Å². The van der Waals surface area contributed by atoms with Crippen LogP contribution in [0.2, 0.25) is 0 Å². The number of hydrogen-bond donors (Lipinski definition) is 2. The van der Waals surface area contributed by atoms with E-state index in [1.807, 2.05) is 19.9 Å². The molecule has 1 amide bonds. The Morgan fingerprint density at radius 1 is 0.950 bits per heavy atom. The predicted octanol–water partition coefficient (Wildman–Crippen LogP) is 3.56. The van der Waals surface area contributed by atoms with Gasteiger partial charge in [-0.15, -0.1) is 0 Å². The van der Waals surface area contributed by atoms with Gasteiger partial charge in [-0.3, -0.25) is 4.79 Å². The molecule has 2 N–H and O–H groups in total. The molecule has 0 aliphatic rings. The van der Waals surface area contributed by atoms with Gasteiger partial charge in [0, 0.05) is 18.7 Å². The van der Waals surface area contributed by atoms with E-state index >= 15 is 0 Å². The highest BCUT2D eigenvalue weighted by Gasteiger charge is 2.13. The molecule has 4 nitrogen and oxygen atoms in total. The van der Waals surface area contributed by atoms with E-state index in [0.29, 0.717) is 0 Å². The number of hydrazine groups is 2. The van der Waals surface area contributed by atoms with Crippen molar-refractivity contribution in [3.8, 4) is 0 Å². The third kappa shape index (κ3) is 9.10. The number of carbonyl (C=O) groups excluding carboxylic acids is 1. The van der Waals surface area contributed by atoms with Gasteiger partial charge in [0.1, 0.15) is 0 Å². The van der Waals surface area contributed by atoms with Crippen molar-refractivity contribution in [2.45, 2.75) is 72.6 Å². The number of allylic oxidation sites excluding steroid dienone is 1. The van der Waals surface area contributed by atoms with Crippen molar-refractivity contribution in [2.24, 2.45) is 0 Å². The molecule has 0 radical (unpaired) electrons. The van der Waals surface area contributed by atoms with Crippen molar-refractivity contribution >= 4 is 5.91 Å². The molecule has 0 aromatic rings. The molecule has 0 saturated heterocycles. The number of rotatable bonds is 12. The first-order valence-corrected chi connectivity index (χ1v) is 8.15. The van der Waals surface area contributed by atoms with E-state index < -0.39 is 0 Å². The molecule has 0 bridgehead atoms. The maximum atomic E-state index is 12.3. The van der Waals surface area contributed by atoms with Gasteiger partial charge in [0.2, 0.25) is 0 Å². The number of hydrogen-bond acceptors (Lipinski definition) is 3. The van der Waals surface area contributed by atoms with Gasteiger partial charge < -0.3 is 0 Å². The lowest BCUT2D eigenvalue weighted by atomic mass is 10.2. The van der Waals surface area contributed by atoms with Crippen LogP contribution in [-0.2, 0) is 4.79 Å². The summed E-state index contributed by atoms with van der Waals surface area (Å²) in [6, 6.07) is 0. The van der Waals surface area contributed by atoms with Crippen molar-refractivity contribution in [1.82, 2.24) is 16.0 Å². The van der Waals surface area contributed by atoms with E-state index in [0.717, 1.165) is 37.9 Å². The van der Waals surface area contributed by atoms with Crippen LogP contribution in [0.5, 0.6) is 0 Å². The van der Waals surface area contributed by atoms with Crippen LogP contribution in [0.1, 0.15) is 72.6 Å². The summed E-state index contributed by atoms with van der Waals surface area (Å²) in [6.45, 7) is 9.95. The minimum Gasteiger partial charge on any atom is -0.267 e. The zero-order valence-electron chi connectivity index (χ0n) is 13.8. The molecule has 0 heterocycles. The van der Waals surface area contributed by atoms with E-state index in [2.05, 4.69) is 24.7 Å². The summed E-state index contributed by atoms with van der Waals surface area (Å²) in [4.78, 5) is 12.3. The van der Waals surface area contributed by atoms with E-state index in [4.69, 9.17) is 0 Å². The quantitative estimate of drug-likeness (QED) is 0.327. The van der Waals surface area contributed by atoms with Gasteiger partial charge in [-0.25, -0.2) is 16.0 Å². The normalized spacial score (nSPS) is 11.7. The molecular formula is C16H33N3O. The average Bonchev–Trinajstić information content (AvgIpc) is 2.45. The Kier molecular flexibility index (Phi) is 12.6. The minimum atomic E-state index is 0.0276. The Morgan fingerprint density at radius 2 is 1.45 bits per heavy atom. The fourth-order valence-electron chi connectivity index (χ4n) is 1.90. The van der Waals surface area contributed by atoms with Crippen LogP contribution in [0.3, 0.4) is 0 Å². The first-order chi connectivity index (χ1) is 9.67. The van der Waals surface area contributed by atoms with Crippen molar-refractivity contribution in [1.29, 1.82) is 0 Å². The summed E-state index contributed by atoms with van der Waals surface area (Å²) in [5, 5.41) is 1.58. The minimum absolute atomic E-state index is 0.0276. The Bertz CT molecular complexity index is 265. The molecule has 4 heteroatoms. The molecule has 0 aliphatic heterocycles.